The molecule has 1 aromatic heterocycles. The lowest BCUT2D eigenvalue weighted by molar-refractivity contribution is -0.145. The van der Waals surface area contributed by atoms with Crippen LogP contribution >= 0.6 is 0 Å². The molecule has 3 heterocycles. The van der Waals surface area contributed by atoms with Gasteiger partial charge in [-0.25, -0.2) is 4.79 Å². The summed E-state index contributed by atoms with van der Waals surface area (Å²) in [5, 5.41) is 0. The van der Waals surface area contributed by atoms with E-state index in [1.807, 2.05) is 27.7 Å². The first-order valence-corrected chi connectivity index (χ1v) is 10.5. The highest BCUT2D eigenvalue weighted by atomic mass is 16.7. The van der Waals surface area contributed by atoms with Gasteiger partial charge >= 0.3 is 32.3 Å². The fourth-order valence-corrected chi connectivity index (χ4v) is 3.21. The normalized spacial score (nSPS) is 21.6. The molecular weight excluding hydrogens is 418 g/mol. The van der Waals surface area contributed by atoms with Gasteiger partial charge < -0.3 is 23.4 Å². The maximum absolute atomic E-state index is 12.9. The van der Waals surface area contributed by atoms with Gasteiger partial charge in [0, 0.05) is 11.7 Å². The van der Waals surface area contributed by atoms with Gasteiger partial charge in [0.2, 0.25) is 0 Å². The Kier molecular flexibility index (Phi) is 6.27. The van der Waals surface area contributed by atoms with Crippen LogP contribution in [0.15, 0.2) is 12.3 Å². The molecule has 0 saturated carbocycles. The third-order valence-electron chi connectivity index (χ3n) is 5.50. The van der Waals surface area contributed by atoms with Gasteiger partial charge in [0.25, 0.3) is 0 Å². The van der Waals surface area contributed by atoms with Crippen molar-refractivity contribution in [1.29, 1.82) is 0 Å². The molecule has 0 aromatic carbocycles. The molecule has 0 unspecified atom stereocenters. The maximum Gasteiger partial charge on any atom is 0.654 e. The molecule has 10 nitrogen and oxygen atoms in total. The van der Waals surface area contributed by atoms with E-state index >= 15 is 0 Å². The van der Waals surface area contributed by atoms with Gasteiger partial charge in [-0.15, -0.1) is 0 Å². The number of rotatable bonds is 2. The lowest BCUT2D eigenvalue weighted by Crippen LogP contribution is -2.51. The molecule has 0 bridgehead atoms. The second-order valence-electron chi connectivity index (χ2n) is 10.1. The largest absolute Gasteiger partial charge is 0.654 e. The first-order valence-electron chi connectivity index (χ1n) is 10.5. The van der Waals surface area contributed by atoms with Crippen LogP contribution in [0.4, 0.5) is 4.79 Å². The topological polar surface area (TPSA) is 106 Å². The van der Waals surface area contributed by atoms with E-state index in [9.17, 15) is 14.4 Å². The van der Waals surface area contributed by atoms with E-state index in [0.29, 0.717) is 5.46 Å². The molecule has 0 radical (unpaired) electrons. The van der Waals surface area contributed by atoms with Gasteiger partial charge in [-0.2, -0.15) is 0 Å². The Hall–Kier alpha value is -2.30. The van der Waals surface area contributed by atoms with Crippen LogP contribution in [-0.4, -0.2) is 78.7 Å². The standard InChI is InChI=1S/C20H30B2N2O8/c1-18(2,3)28-17(27)24-10-13(21-31-19(4,5)20(6,7)32-21)9-14(24)22-29-15(25)11-23(8)12-16(26)30-22/h9-10H,11-12H2,1-8H3. The van der Waals surface area contributed by atoms with Gasteiger partial charge in [0.15, 0.2) is 0 Å². The highest BCUT2D eigenvalue weighted by molar-refractivity contribution is 6.67. The van der Waals surface area contributed by atoms with Crippen molar-refractivity contribution in [2.75, 3.05) is 20.1 Å². The Balaban J connectivity index is 2.00. The highest BCUT2D eigenvalue weighted by Gasteiger charge is 2.52. The van der Waals surface area contributed by atoms with E-state index in [-0.39, 0.29) is 18.7 Å². The molecule has 2 saturated heterocycles. The SMILES string of the molecule is CN1CC(=O)OB(c2cc(B3OC(C)(C)C(C)(C)O3)cn2C(=O)OC(C)(C)C)OC(=O)C1. The number of nitrogens with zero attached hydrogens (tertiary/aromatic N) is 2. The maximum atomic E-state index is 12.9. The second kappa shape index (κ2) is 8.24. The van der Waals surface area contributed by atoms with Crippen LogP contribution in [0, 0.1) is 0 Å². The summed E-state index contributed by atoms with van der Waals surface area (Å²) in [6.07, 6.45) is 0.763. The van der Waals surface area contributed by atoms with Gasteiger partial charge in [0.1, 0.15) is 5.60 Å². The van der Waals surface area contributed by atoms with E-state index in [2.05, 4.69) is 0 Å². The summed E-state index contributed by atoms with van der Waals surface area (Å²) < 4.78 is 29.5. The Morgan fingerprint density at radius 1 is 1.00 bits per heavy atom. The van der Waals surface area contributed by atoms with Crippen LogP contribution in [0.1, 0.15) is 48.5 Å². The summed E-state index contributed by atoms with van der Waals surface area (Å²) in [6, 6.07) is 1.56. The van der Waals surface area contributed by atoms with Gasteiger partial charge in [-0.3, -0.25) is 19.1 Å². The number of likely N-dealkylation sites (N-methyl/N-ethyl adjacent to an activating group) is 1. The van der Waals surface area contributed by atoms with E-state index in [1.165, 1.54) is 11.1 Å². The molecule has 3 rings (SSSR count). The lowest BCUT2D eigenvalue weighted by atomic mass is 9.77. The molecule has 0 N–H and O–H groups in total. The second-order valence-corrected chi connectivity index (χ2v) is 10.1. The summed E-state index contributed by atoms with van der Waals surface area (Å²) in [7, 11) is -0.608. The Morgan fingerprint density at radius 3 is 1.97 bits per heavy atom. The van der Waals surface area contributed by atoms with Crippen LogP contribution < -0.4 is 11.1 Å². The fraction of sp³-hybridized carbons (Fsp3) is 0.650. The molecule has 0 spiro atoms. The smallest absolute Gasteiger partial charge is 0.493 e. The van der Waals surface area contributed by atoms with E-state index < -0.39 is 49.1 Å². The van der Waals surface area contributed by atoms with Gasteiger partial charge in [0.05, 0.1) is 29.9 Å². The zero-order chi connectivity index (χ0) is 24.1. The summed E-state index contributed by atoms with van der Waals surface area (Å²) in [5.74, 6) is -1.20. The molecule has 0 amide bonds. The number of carbonyl (C=O) groups is 3. The fourth-order valence-electron chi connectivity index (χ4n) is 3.21. The molecule has 0 atom stereocenters. The summed E-state index contributed by atoms with van der Waals surface area (Å²) in [6.45, 7) is 12.6. The molecule has 0 aliphatic carbocycles. The zero-order valence-corrected chi connectivity index (χ0v) is 19.9. The third kappa shape index (κ3) is 5.19. The Labute approximate surface area is 188 Å². The van der Waals surface area contributed by atoms with Crippen molar-refractivity contribution in [3.05, 3.63) is 12.3 Å². The molecule has 12 heteroatoms. The molecular formula is C20H30B2N2O8. The molecule has 32 heavy (non-hydrogen) atoms. The van der Waals surface area contributed by atoms with Crippen LogP contribution in [0.2, 0.25) is 0 Å². The van der Waals surface area contributed by atoms with Crippen molar-refractivity contribution in [2.45, 2.75) is 65.3 Å². The molecule has 174 valence electrons. The lowest BCUT2D eigenvalue weighted by Gasteiger charge is -2.32. The van der Waals surface area contributed by atoms with Crippen LogP contribution in [0.3, 0.4) is 0 Å². The first kappa shape index (κ1) is 24.3. The minimum atomic E-state index is -1.42. The van der Waals surface area contributed by atoms with Crippen molar-refractivity contribution in [3.63, 3.8) is 0 Å². The van der Waals surface area contributed by atoms with Crippen molar-refractivity contribution < 1.29 is 37.7 Å². The van der Waals surface area contributed by atoms with E-state index in [1.54, 1.807) is 33.9 Å². The monoisotopic (exact) mass is 448 g/mol. The summed E-state index contributed by atoms with van der Waals surface area (Å²) >= 11 is 0. The van der Waals surface area contributed by atoms with E-state index in [0.717, 1.165) is 4.57 Å². The predicted molar refractivity (Wildman–Crippen MR) is 117 cm³/mol. The third-order valence-corrected chi connectivity index (χ3v) is 5.50. The van der Waals surface area contributed by atoms with Crippen LogP contribution in [-0.2, 0) is 32.9 Å². The molecule has 1 aromatic rings. The minimum absolute atomic E-state index is 0.0944. The number of ether oxygens (including phenoxy) is 1. The number of aromatic nitrogens is 1. The number of hydrogen-bond acceptors (Lipinski definition) is 9. The summed E-state index contributed by atoms with van der Waals surface area (Å²) in [4.78, 5) is 38.9. The van der Waals surface area contributed by atoms with Crippen molar-refractivity contribution >= 4 is 43.3 Å². The summed E-state index contributed by atoms with van der Waals surface area (Å²) in [5.41, 5.74) is -1.36. The van der Waals surface area contributed by atoms with Crippen molar-refractivity contribution in [3.8, 4) is 0 Å². The Bertz CT molecular complexity index is 885. The molecule has 2 aliphatic heterocycles. The Morgan fingerprint density at radius 2 is 1.50 bits per heavy atom. The van der Waals surface area contributed by atoms with Crippen LogP contribution in [0.5, 0.6) is 0 Å². The van der Waals surface area contributed by atoms with Crippen LogP contribution in [0.25, 0.3) is 0 Å². The van der Waals surface area contributed by atoms with Gasteiger partial charge in [-0.1, -0.05) is 0 Å². The van der Waals surface area contributed by atoms with Crippen molar-refractivity contribution in [2.24, 2.45) is 0 Å². The van der Waals surface area contributed by atoms with E-state index in [4.69, 9.17) is 23.4 Å². The zero-order valence-electron chi connectivity index (χ0n) is 19.9. The number of hydrogen-bond donors (Lipinski definition) is 0. The highest BCUT2D eigenvalue weighted by Crippen LogP contribution is 2.36. The molecule has 2 fully saturated rings. The average Bonchev–Trinajstić information content (AvgIpc) is 3.10. The van der Waals surface area contributed by atoms with Crippen molar-refractivity contribution in [1.82, 2.24) is 9.47 Å². The number of carbonyl (C=O) groups excluding carboxylic acids is 3. The molecule has 2 aliphatic rings. The minimum Gasteiger partial charge on any atom is -0.493 e. The first-order chi connectivity index (χ1) is 14.6. The predicted octanol–water partition coefficient (Wildman–Crippen LogP) is 0.298. The van der Waals surface area contributed by atoms with Gasteiger partial charge in [-0.05, 0) is 61.6 Å². The average molecular weight is 448 g/mol. The quantitative estimate of drug-likeness (QED) is 0.591.